The number of halogens is 5. The summed E-state index contributed by atoms with van der Waals surface area (Å²) in [5.74, 6) is -1.65. The summed E-state index contributed by atoms with van der Waals surface area (Å²) in [6.07, 6.45) is 5.52. The molecule has 5 aromatic rings. The van der Waals surface area contributed by atoms with E-state index in [1.807, 2.05) is 99.4 Å². The lowest BCUT2D eigenvalue weighted by atomic mass is 9.73. The van der Waals surface area contributed by atoms with Crippen LogP contribution in [0.1, 0.15) is 159 Å². The number of thioether (sulfide) groups is 1. The van der Waals surface area contributed by atoms with Crippen molar-refractivity contribution < 1.29 is 62.8 Å². The smallest absolute Gasteiger partial charge is 0.380 e. The van der Waals surface area contributed by atoms with Crippen LogP contribution in [0.3, 0.4) is 0 Å². The Kier molecular flexibility index (Phi) is 28.1. The number of benzene rings is 4. The van der Waals surface area contributed by atoms with E-state index in [0.717, 1.165) is 70.2 Å². The number of piperazine rings is 2. The predicted molar refractivity (Wildman–Crippen MR) is 403 cm³/mol. The van der Waals surface area contributed by atoms with Gasteiger partial charge in [0.15, 0.2) is 0 Å². The first-order chi connectivity index (χ1) is 49.7. The molecule has 0 saturated carbocycles. The lowest BCUT2D eigenvalue weighted by Gasteiger charge is -2.39. The minimum Gasteiger partial charge on any atom is -0.380 e. The van der Waals surface area contributed by atoms with E-state index in [-0.39, 0.29) is 64.8 Å². The van der Waals surface area contributed by atoms with Crippen LogP contribution >= 0.6 is 23.1 Å². The number of thiazole rings is 1. The summed E-state index contributed by atoms with van der Waals surface area (Å²) in [4.78, 5) is 82.5. The van der Waals surface area contributed by atoms with E-state index in [1.165, 1.54) is 35.0 Å². The molecule has 19 nitrogen and oxygen atoms in total. The van der Waals surface area contributed by atoms with Crippen molar-refractivity contribution in [1.29, 1.82) is 0 Å². The van der Waals surface area contributed by atoms with Crippen molar-refractivity contribution in [3.63, 3.8) is 0 Å². The maximum Gasteiger partial charge on any atom is 0.501 e. The lowest BCUT2D eigenvalue weighted by Crippen LogP contribution is -2.57. The number of carbonyl (C=O) groups is 5. The summed E-state index contributed by atoms with van der Waals surface area (Å²) in [5.41, 5.74) is 1.04. The van der Waals surface area contributed by atoms with Crippen LogP contribution in [0, 0.1) is 17.8 Å². The topological polar surface area (TPSA) is 231 Å². The number of nitrogens with zero attached hydrogens (tertiary/aromatic N) is 6. The third-order valence-electron chi connectivity index (χ3n) is 20.4. The molecule has 105 heavy (non-hydrogen) atoms. The normalized spacial score (nSPS) is 18.0. The first kappa shape index (κ1) is 81.8. The van der Waals surface area contributed by atoms with Crippen molar-refractivity contribution in [3.8, 4) is 10.4 Å². The average molecular weight is 1530 g/mol. The highest BCUT2D eigenvalue weighted by Gasteiger charge is 2.49. The van der Waals surface area contributed by atoms with Crippen LogP contribution in [0.15, 0.2) is 141 Å². The molecular formula is C77H101F5N10O9S4. The summed E-state index contributed by atoms with van der Waals surface area (Å²) in [5, 5.41) is 9.11. The SMILES string of the molecule is C=C(CCC1=C(CN2CCN(c3ccc(C(=O)NS(=O)(=O)c4ccc(N[C@H](CCN5CCN(C(=O)CCCCCCC(=O)NC(C(=O)N6CCC[C@H]6C(=O)N[C@@H](C)c6ccc(-c7scnc7C)cc6)C(C)(C)C)CC5)CSc5ccccc5)c(S(=O)(=O)C(F)(F)F)c4)cc3)CC2)CCC(C)(C)C1)C(F)F. The van der Waals surface area contributed by atoms with E-state index in [2.05, 4.69) is 56.1 Å². The Labute approximate surface area is 624 Å². The monoisotopic (exact) mass is 1530 g/mol. The number of nitrogens with one attached hydrogen (secondary N) is 4. The van der Waals surface area contributed by atoms with Gasteiger partial charge in [0, 0.05) is 113 Å². The van der Waals surface area contributed by atoms with Crippen molar-refractivity contribution >= 4 is 83.9 Å². The van der Waals surface area contributed by atoms with Gasteiger partial charge in [-0.15, -0.1) is 23.1 Å². The number of hydrogen-bond acceptors (Lipinski definition) is 16. The molecule has 0 bridgehead atoms. The molecule has 0 spiro atoms. The lowest BCUT2D eigenvalue weighted by molar-refractivity contribution is -0.144. The molecule has 4 heterocycles. The molecule has 4 atom stereocenters. The van der Waals surface area contributed by atoms with E-state index in [9.17, 15) is 62.8 Å². The Hall–Kier alpha value is -7.24. The highest BCUT2D eigenvalue weighted by molar-refractivity contribution is 7.99. The Morgan fingerprint density at radius 1 is 0.781 bits per heavy atom. The minimum absolute atomic E-state index is 0.0151. The van der Waals surface area contributed by atoms with Crippen molar-refractivity contribution in [1.82, 2.24) is 39.9 Å². The number of sulfonamides is 1. The van der Waals surface area contributed by atoms with Crippen LogP contribution in [-0.4, -0.2) is 179 Å². The Bertz CT molecular complexity index is 4100. The van der Waals surface area contributed by atoms with E-state index < -0.39 is 76.7 Å². The van der Waals surface area contributed by atoms with E-state index in [4.69, 9.17) is 0 Å². The van der Waals surface area contributed by atoms with Crippen LogP contribution in [0.5, 0.6) is 0 Å². The van der Waals surface area contributed by atoms with Crippen molar-refractivity contribution in [2.75, 3.05) is 88.0 Å². The number of anilines is 2. The van der Waals surface area contributed by atoms with E-state index in [0.29, 0.717) is 129 Å². The largest absolute Gasteiger partial charge is 0.501 e. The van der Waals surface area contributed by atoms with Gasteiger partial charge in [0.2, 0.25) is 23.6 Å². The van der Waals surface area contributed by atoms with Gasteiger partial charge in [-0.2, -0.15) is 13.2 Å². The number of rotatable bonds is 32. The van der Waals surface area contributed by atoms with Crippen molar-refractivity contribution in [3.05, 3.63) is 143 Å². The second-order valence-corrected chi connectivity index (χ2v) is 35.5. The summed E-state index contributed by atoms with van der Waals surface area (Å²) in [7, 11) is -11.1. The molecule has 28 heteroatoms. The van der Waals surface area contributed by atoms with Crippen molar-refractivity contribution in [2.24, 2.45) is 10.8 Å². The maximum absolute atomic E-state index is 14.6. The van der Waals surface area contributed by atoms with Crippen LogP contribution in [0.25, 0.3) is 10.4 Å². The van der Waals surface area contributed by atoms with Crippen LogP contribution in [0.4, 0.5) is 33.3 Å². The Morgan fingerprint density at radius 2 is 1.45 bits per heavy atom. The predicted octanol–water partition coefficient (Wildman–Crippen LogP) is 13.6. The molecule has 0 radical (unpaired) electrons. The van der Waals surface area contributed by atoms with Gasteiger partial charge in [-0.05, 0) is 160 Å². The van der Waals surface area contributed by atoms with Gasteiger partial charge < -0.3 is 30.7 Å². The highest BCUT2D eigenvalue weighted by Crippen LogP contribution is 2.42. The molecule has 3 aliphatic heterocycles. The molecule has 4 aromatic carbocycles. The van der Waals surface area contributed by atoms with Gasteiger partial charge in [-0.25, -0.2) is 35.3 Å². The molecule has 3 fully saturated rings. The maximum atomic E-state index is 14.6. The van der Waals surface area contributed by atoms with Crippen LogP contribution < -0.4 is 25.6 Å². The number of carbonyl (C=O) groups excluding carboxylic acids is 5. The first-order valence-electron chi connectivity index (χ1n) is 36.3. The molecule has 3 saturated heterocycles. The molecule has 4 aliphatic rings. The summed E-state index contributed by atoms with van der Waals surface area (Å²) >= 11 is 2.96. The number of sulfone groups is 1. The molecule has 572 valence electrons. The number of likely N-dealkylation sites (tertiary alicyclic amines) is 1. The summed E-state index contributed by atoms with van der Waals surface area (Å²) < 4.78 is 127. The number of hydrogen-bond donors (Lipinski definition) is 4. The minimum atomic E-state index is -6.19. The Balaban J connectivity index is 0.728. The zero-order chi connectivity index (χ0) is 76.0. The third-order valence-corrected chi connectivity index (χ3v) is 25.4. The number of aryl methyl sites for hydroxylation is 1. The van der Waals surface area contributed by atoms with Gasteiger partial charge in [-0.1, -0.05) is 108 Å². The molecule has 1 unspecified atom stereocenters. The zero-order valence-corrected chi connectivity index (χ0v) is 64.4. The van der Waals surface area contributed by atoms with E-state index >= 15 is 0 Å². The molecule has 1 aromatic heterocycles. The highest BCUT2D eigenvalue weighted by atomic mass is 32.2. The van der Waals surface area contributed by atoms with Gasteiger partial charge in [0.1, 0.15) is 17.0 Å². The first-order valence-corrected chi connectivity index (χ1v) is 41.1. The second-order valence-electron chi connectivity index (χ2n) is 29.9. The zero-order valence-electron chi connectivity index (χ0n) is 61.2. The van der Waals surface area contributed by atoms with Crippen LogP contribution in [0.2, 0.25) is 0 Å². The third kappa shape index (κ3) is 22.4. The Morgan fingerprint density at radius 3 is 2.09 bits per heavy atom. The molecule has 4 N–H and O–H groups in total. The average Bonchev–Trinajstić information content (AvgIpc) is 1.57. The van der Waals surface area contributed by atoms with Gasteiger partial charge in [0.05, 0.1) is 32.7 Å². The number of alkyl halides is 5. The number of amides is 5. The van der Waals surface area contributed by atoms with E-state index in [1.54, 1.807) is 33.3 Å². The van der Waals surface area contributed by atoms with Crippen molar-refractivity contribution in [2.45, 2.75) is 189 Å². The van der Waals surface area contributed by atoms with Gasteiger partial charge in [-0.3, -0.25) is 33.8 Å². The fraction of sp³-hybridized carbons (Fsp3) is 0.532. The fourth-order valence-corrected chi connectivity index (χ4v) is 17.8. The summed E-state index contributed by atoms with van der Waals surface area (Å²) in [6, 6.07) is 23.2. The number of aromatic nitrogens is 1. The quantitative estimate of drug-likeness (QED) is 0.0136. The number of unbranched alkanes of at least 4 members (excludes halogenated alkanes) is 3. The molecule has 5 amide bonds. The van der Waals surface area contributed by atoms with Gasteiger partial charge in [0.25, 0.3) is 32.2 Å². The standard InChI is InChI=1S/C77H101F5N10O9S4/c1-52(71(78)79)22-23-58-48-76(7,8)36-34-59(58)49-89-41-43-90(44-42-89)61-30-28-57(29-31-61)72(95)87-105(100,101)63-32-33-64(66(47-63)104(98,99)77(80,81)82)85-60(50-102-62-17-12-11-13-18-62)35-38-88-39-45-91(46-40-88)68(94)21-15-10-9-14-20-67(93)86-70(75(4,5)6)74(97)92-37-16-19-65(92)73(96)84-53(2)55-24-26-56(27-25-55)69-54(3)83-51-103-69/h11-13,17-18,24-33,47,51,53,60,65,70-71,85H,1,9-10,14-16,19-23,34-46,48-50H2,2-8H3,(H,84,96)(H,86,93)(H,87,95)/t53-,60+,65-,70?/m0/s1. The van der Waals surface area contributed by atoms with Gasteiger partial charge >= 0.3 is 5.51 Å². The molecule has 1 aliphatic carbocycles. The summed E-state index contributed by atoms with van der Waals surface area (Å²) in [6.45, 7) is 23.6. The molecule has 9 rings (SSSR count). The fourth-order valence-electron chi connectivity index (χ4n) is 14.0. The van der Waals surface area contributed by atoms with Crippen LogP contribution in [-0.2, 0) is 39.0 Å². The second kappa shape index (κ2) is 36.1. The molecular weight excluding hydrogens is 1430 g/mol. The number of allylic oxidation sites excluding steroid dienone is 2.